The first-order valence-corrected chi connectivity index (χ1v) is 14.2. The molecule has 0 spiro atoms. The Hall–Kier alpha value is -4.05. The van der Waals surface area contributed by atoms with Crippen LogP contribution in [0.1, 0.15) is 66.1 Å². The zero-order valence-corrected chi connectivity index (χ0v) is 23.7. The van der Waals surface area contributed by atoms with Crippen LogP contribution in [0.2, 0.25) is 0 Å². The maximum atomic E-state index is 13.8. The van der Waals surface area contributed by atoms with Crippen LogP contribution in [-0.4, -0.2) is 76.1 Å². The summed E-state index contributed by atoms with van der Waals surface area (Å²) >= 11 is 0. The molecule has 3 amide bonds. The predicted molar refractivity (Wildman–Crippen MR) is 151 cm³/mol. The van der Waals surface area contributed by atoms with Crippen molar-refractivity contribution in [1.82, 2.24) is 20.0 Å². The molecule has 0 bridgehead atoms. The molecular weight excluding hydrogens is 522 g/mol. The highest BCUT2D eigenvalue weighted by Gasteiger charge is 2.45. The highest BCUT2D eigenvalue weighted by molar-refractivity contribution is 6.24. The van der Waals surface area contributed by atoms with Crippen molar-refractivity contribution in [3.8, 4) is 11.5 Å². The number of piperidine rings is 1. The van der Waals surface area contributed by atoms with E-state index in [4.69, 9.17) is 9.15 Å². The minimum atomic E-state index is -0.391. The van der Waals surface area contributed by atoms with Crippen LogP contribution in [0.15, 0.2) is 52.9 Å². The zero-order valence-electron chi connectivity index (χ0n) is 23.7. The first-order chi connectivity index (χ1) is 19.7. The van der Waals surface area contributed by atoms with Gasteiger partial charge in [0.15, 0.2) is 0 Å². The average molecular weight is 558 g/mol. The van der Waals surface area contributed by atoms with Gasteiger partial charge in [0.2, 0.25) is 17.7 Å². The Morgan fingerprint density at radius 2 is 1.85 bits per heavy atom. The number of benzene rings is 2. The summed E-state index contributed by atoms with van der Waals surface area (Å²) in [6, 6.07) is 14.8. The summed E-state index contributed by atoms with van der Waals surface area (Å²) in [4.78, 5) is 45.8. The number of rotatable bonds is 6. The third-order valence-electron chi connectivity index (χ3n) is 8.31. The average Bonchev–Trinajstić information content (AvgIpc) is 3.54. The van der Waals surface area contributed by atoms with Crippen LogP contribution >= 0.6 is 0 Å². The lowest BCUT2D eigenvalue weighted by molar-refractivity contribution is -0.135. The first-order valence-electron chi connectivity index (χ1n) is 14.2. The highest BCUT2D eigenvalue weighted by atomic mass is 16.5. The van der Waals surface area contributed by atoms with Crippen LogP contribution in [0.5, 0.6) is 0 Å². The molecule has 1 aromatic heterocycles. The standard InChI is InChI=1S/C31H35N5O5/c1-31(2)17-22(14-16-40-31)36-29(38)23-12-7-13-24(26(23)30(36)39)35-15-8-11-21(18-35)28(37)34(3)19-25-32-33-27(41-25)20-9-5-4-6-10-20/h4-7,9-10,12-13,21-22H,8,11,14-19H2,1-3H3/t21-,22-/m1/s1. The molecule has 41 heavy (non-hydrogen) atoms. The number of anilines is 1. The van der Waals surface area contributed by atoms with Gasteiger partial charge >= 0.3 is 0 Å². The molecule has 0 saturated carbocycles. The van der Waals surface area contributed by atoms with Crippen LogP contribution < -0.4 is 4.90 Å². The van der Waals surface area contributed by atoms with E-state index in [0.29, 0.717) is 55.4 Å². The van der Waals surface area contributed by atoms with Gasteiger partial charge in [-0.15, -0.1) is 10.2 Å². The molecule has 2 saturated heterocycles. The number of nitrogens with zero attached hydrogens (tertiary/aromatic N) is 5. The second-order valence-corrected chi connectivity index (χ2v) is 11.8. The minimum Gasteiger partial charge on any atom is -0.419 e. The Bertz CT molecular complexity index is 1470. The number of hydrogen-bond donors (Lipinski definition) is 0. The molecule has 6 rings (SSSR count). The zero-order chi connectivity index (χ0) is 28.7. The van der Waals surface area contributed by atoms with Gasteiger partial charge in [-0.1, -0.05) is 24.3 Å². The van der Waals surface area contributed by atoms with Crippen molar-refractivity contribution in [2.24, 2.45) is 5.92 Å². The quantitative estimate of drug-likeness (QED) is 0.416. The lowest BCUT2D eigenvalue weighted by Crippen LogP contribution is -2.48. The van der Waals surface area contributed by atoms with E-state index in [1.807, 2.05) is 56.3 Å². The van der Waals surface area contributed by atoms with E-state index in [1.54, 1.807) is 18.0 Å². The maximum Gasteiger partial charge on any atom is 0.263 e. The van der Waals surface area contributed by atoms with Crippen LogP contribution in [0.4, 0.5) is 5.69 Å². The number of carbonyl (C=O) groups is 3. The van der Waals surface area contributed by atoms with E-state index in [-0.39, 0.29) is 36.2 Å². The molecule has 3 aromatic rings. The SMILES string of the molecule is CN(Cc1nnc(-c2ccccc2)o1)C(=O)[C@@H]1CCCN(c2cccc3c2C(=O)N([C@@H]2CCOC(C)(C)C2)C3=O)C1. The molecule has 3 aliphatic rings. The number of fused-ring (bicyclic) bond motifs is 1. The molecule has 3 aliphatic heterocycles. The van der Waals surface area contributed by atoms with Crippen molar-refractivity contribution < 1.29 is 23.5 Å². The molecular formula is C31H35N5O5. The van der Waals surface area contributed by atoms with Crippen molar-refractivity contribution in [2.45, 2.75) is 57.7 Å². The molecule has 0 N–H and O–H groups in total. The van der Waals surface area contributed by atoms with Crippen molar-refractivity contribution in [3.63, 3.8) is 0 Å². The number of ether oxygens (including phenoxy) is 1. The lowest BCUT2D eigenvalue weighted by Gasteiger charge is -2.39. The Labute approximate surface area is 239 Å². The fourth-order valence-electron chi connectivity index (χ4n) is 6.31. The van der Waals surface area contributed by atoms with Gasteiger partial charge in [0.1, 0.15) is 0 Å². The van der Waals surface area contributed by atoms with Gasteiger partial charge in [0, 0.05) is 38.3 Å². The van der Waals surface area contributed by atoms with E-state index in [2.05, 4.69) is 15.1 Å². The Morgan fingerprint density at radius 1 is 1.05 bits per heavy atom. The Kier molecular flexibility index (Phi) is 7.11. The van der Waals surface area contributed by atoms with E-state index < -0.39 is 5.60 Å². The molecule has 10 nitrogen and oxygen atoms in total. The van der Waals surface area contributed by atoms with Crippen molar-refractivity contribution >= 4 is 23.4 Å². The van der Waals surface area contributed by atoms with E-state index in [9.17, 15) is 14.4 Å². The molecule has 0 radical (unpaired) electrons. The topological polar surface area (TPSA) is 109 Å². The number of carbonyl (C=O) groups excluding carboxylic acids is 3. The predicted octanol–water partition coefficient (Wildman–Crippen LogP) is 4.17. The molecule has 2 aromatic carbocycles. The maximum absolute atomic E-state index is 13.8. The van der Waals surface area contributed by atoms with Crippen LogP contribution in [0, 0.1) is 5.92 Å². The van der Waals surface area contributed by atoms with E-state index >= 15 is 0 Å². The molecule has 10 heteroatoms. The molecule has 214 valence electrons. The molecule has 2 fully saturated rings. The summed E-state index contributed by atoms with van der Waals surface area (Å²) in [5.41, 5.74) is 2.04. The smallest absolute Gasteiger partial charge is 0.263 e. The summed E-state index contributed by atoms with van der Waals surface area (Å²) in [6.07, 6.45) is 2.77. The van der Waals surface area contributed by atoms with Crippen molar-refractivity contribution in [3.05, 3.63) is 65.5 Å². The Morgan fingerprint density at radius 3 is 2.63 bits per heavy atom. The number of imide groups is 1. The number of amides is 3. The molecule has 0 aliphatic carbocycles. The molecule has 4 heterocycles. The normalized spacial score (nSPS) is 22.1. The van der Waals surface area contributed by atoms with Crippen LogP contribution in [0.3, 0.4) is 0 Å². The second-order valence-electron chi connectivity index (χ2n) is 11.8. The van der Waals surface area contributed by atoms with Crippen LogP contribution in [-0.2, 0) is 16.1 Å². The van der Waals surface area contributed by atoms with Gasteiger partial charge in [0.05, 0.1) is 34.9 Å². The van der Waals surface area contributed by atoms with Crippen molar-refractivity contribution in [1.29, 1.82) is 0 Å². The summed E-state index contributed by atoms with van der Waals surface area (Å²) < 4.78 is 11.6. The number of hydrogen-bond acceptors (Lipinski definition) is 8. The summed E-state index contributed by atoms with van der Waals surface area (Å²) in [5.74, 6) is 0.0123. The Balaban J connectivity index is 1.16. The second kappa shape index (κ2) is 10.7. The van der Waals surface area contributed by atoms with E-state index in [0.717, 1.165) is 24.1 Å². The van der Waals surface area contributed by atoms with Gasteiger partial charge in [0.25, 0.3) is 11.8 Å². The monoisotopic (exact) mass is 557 g/mol. The van der Waals surface area contributed by atoms with Gasteiger partial charge in [-0.3, -0.25) is 19.3 Å². The summed E-state index contributed by atoms with van der Waals surface area (Å²) in [6.45, 7) is 5.87. The first kappa shape index (κ1) is 27.1. The third kappa shape index (κ3) is 5.24. The van der Waals surface area contributed by atoms with Gasteiger partial charge < -0.3 is 19.0 Å². The summed E-state index contributed by atoms with van der Waals surface area (Å²) in [7, 11) is 1.74. The fraction of sp³-hybridized carbons (Fsp3) is 0.452. The van der Waals surface area contributed by atoms with Crippen molar-refractivity contribution in [2.75, 3.05) is 31.6 Å². The van der Waals surface area contributed by atoms with Gasteiger partial charge in [-0.05, 0) is 63.8 Å². The number of aromatic nitrogens is 2. The highest BCUT2D eigenvalue weighted by Crippen LogP contribution is 2.38. The lowest BCUT2D eigenvalue weighted by atomic mass is 9.93. The molecule has 0 unspecified atom stereocenters. The van der Waals surface area contributed by atoms with E-state index in [1.165, 1.54) is 4.90 Å². The minimum absolute atomic E-state index is 0.0183. The van der Waals surface area contributed by atoms with Crippen LogP contribution in [0.25, 0.3) is 11.5 Å². The van der Waals surface area contributed by atoms with Gasteiger partial charge in [-0.2, -0.15) is 0 Å². The molecule has 2 atom stereocenters. The third-order valence-corrected chi connectivity index (χ3v) is 8.31. The van der Waals surface area contributed by atoms with Gasteiger partial charge in [-0.25, -0.2) is 0 Å². The fourth-order valence-corrected chi connectivity index (χ4v) is 6.31. The largest absolute Gasteiger partial charge is 0.419 e. The summed E-state index contributed by atoms with van der Waals surface area (Å²) in [5, 5.41) is 8.25.